The van der Waals surface area contributed by atoms with Crippen molar-refractivity contribution in [1.82, 2.24) is 0 Å². The van der Waals surface area contributed by atoms with Crippen molar-refractivity contribution in [2.45, 2.75) is 12.6 Å². The second-order valence-corrected chi connectivity index (χ2v) is 7.12. The Kier molecular flexibility index (Phi) is 4.24. The first kappa shape index (κ1) is 17.4. The standard InChI is InChI=1S/C25H18FNO2/c26-21-13-9-17(10-14-21)16-27-22-7-3-4-8-23(22)29-24(25(27)28)20-12-11-18-5-1-2-6-19(18)15-20/h1-15,24H,16H2. The molecule has 1 aliphatic heterocycles. The summed E-state index contributed by atoms with van der Waals surface area (Å²) in [4.78, 5) is 15.1. The predicted molar refractivity (Wildman–Crippen MR) is 111 cm³/mol. The van der Waals surface area contributed by atoms with Gasteiger partial charge in [0.1, 0.15) is 11.6 Å². The quantitative estimate of drug-likeness (QED) is 0.458. The predicted octanol–water partition coefficient (Wildman–Crippen LogP) is 5.65. The molecule has 1 aliphatic rings. The second-order valence-electron chi connectivity index (χ2n) is 7.12. The fraction of sp³-hybridized carbons (Fsp3) is 0.0800. The Morgan fingerprint density at radius 1 is 0.828 bits per heavy atom. The Hall–Kier alpha value is -3.66. The molecule has 29 heavy (non-hydrogen) atoms. The lowest BCUT2D eigenvalue weighted by molar-refractivity contribution is -0.126. The van der Waals surface area contributed by atoms with Gasteiger partial charge in [-0.05, 0) is 46.7 Å². The molecule has 3 nitrogen and oxygen atoms in total. The van der Waals surface area contributed by atoms with Crippen LogP contribution in [0.1, 0.15) is 17.2 Å². The smallest absolute Gasteiger partial charge is 0.273 e. The Morgan fingerprint density at radius 3 is 2.38 bits per heavy atom. The molecule has 4 heteroatoms. The minimum Gasteiger partial charge on any atom is -0.474 e. The Morgan fingerprint density at radius 2 is 1.55 bits per heavy atom. The summed E-state index contributed by atoms with van der Waals surface area (Å²) in [6.07, 6.45) is -0.727. The van der Waals surface area contributed by atoms with Crippen molar-refractivity contribution < 1.29 is 13.9 Å². The first-order chi connectivity index (χ1) is 14.2. The molecule has 0 saturated carbocycles. The summed E-state index contributed by atoms with van der Waals surface area (Å²) in [5.74, 6) is 0.229. The van der Waals surface area contributed by atoms with Crippen LogP contribution in [0.3, 0.4) is 0 Å². The maximum atomic E-state index is 13.4. The lowest BCUT2D eigenvalue weighted by Crippen LogP contribution is -2.40. The Labute approximate surface area is 168 Å². The molecular formula is C25H18FNO2. The summed E-state index contributed by atoms with van der Waals surface area (Å²) in [5, 5.41) is 2.17. The molecule has 4 aromatic rings. The van der Waals surface area contributed by atoms with Gasteiger partial charge in [0.15, 0.2) is 0 Å². The van der Waals surface area contributed by atoms with Crippen molar-refractivity contribution >= 4 is 22.4 Å². The maximum absolute atomic E-state index is 13.4. The third kappa shape index (κ3) is 3.23. The van der Waals surface area contributed by atoms with Gasteiger partial charge in [-0.15, -0.1) is 0 Å². The number of hydrogen-bond acceptors (Lipinski definition) is 2. The molecule has 0 aliphatic carbocycles. The number of para-hydroxylation sites is 2. The minimum absolute atomic E-state index is 0.136. The number of fused-ring (bicyclic) bond motifs is 2. The second kappa shape index (κ2) is 7.06. The molecule has 4 aromatic carbocycles. The summed E-state index contributed by atoms with van der Waals surface area (Å²) in [6, 6.07) is 27.7. The zero-order chi connectivity index (χ0) is 19.8. The van der Waals surface area contributed by atoms with E-state index < -0.39 is 6.10 Å². The van der Waals surface area contributed by atoms with Gasteiger partial charge in [0.05, 0.1) is 12.2 Å². The molecule has 0 bridgehead atoms. The number of benzene rings is 4. The molecule has 1 unspecified atom stereocenters. The van der Waals surface area contributed by atoms with Gasteiger partial charge in [0.2, 0.25) is 6.10 Å². The van der Waals surface area contributed by atoms with E-state index in [1.165, 1.54) is 12.1 Å². The van der Waals surface area contributed by atoms with E-state index in [4.69, 9.17) is 4.74 Å². The van der Waals surface area contributed by atoms with Crippen molar-refractivity contribution in [1.29, 1.82) is 0 Å². The van der Waals surface area contributed by atoms with Crippen LogP contribution in [-0.4, -0.2) is 5.91 Å². The highest BCUT2D eigenvalue weighted by molar-refractivity contribution is 6.01. The molecule has 1 atom stereocenters. The third-order valence-electron chi connectivity index (χ3n) is 5.22. The van der Waals surface area contributed by atoms with Gasteiger partial charge in [-0.25, -0.2) is 4.39 Å². The fourth-order valence-electron chi connectivity index (χ4n) is 3.73. The minimum atomic E-state index is -0.727. The van der Waals surface area contributed by atoms with Gasteiger partial charge in [0, 0.05) is 5.56 Å². The van der Waals surface area contributed by atoms with Gasteiger partial charge >= 0.3 is 0 Å². The van der Waals surface area contributed by atoms with Gasteiger partial charge < -0.3 is 9.64 Å². The number of carbonyl (C=O) groups is 1. The average Bonchev–Trinajstić information content (AvgIpc) is 2.76. The number of ether oxygens (including phenoxy) is 1. The molecule has 0 radical (unpaired) electrons. The molecule has 0 fully saturated rings. The zero-order valence-corrected chi connectivity index (χ0v) is 15.6. The highest BCUT2D eigenvalue weighted by Gasteiger charge is 2.35. The Balaban J connectivity index is 1.55. The molecule has 0 aromatic heterocycles. The van der Waals surface area contributed by atoms with E-state index in [1.807, 2.05) is 66.7 Å². The van der Waals surface area contributed by atoms with Gasteiger partial charge in [-0.3, -0.25) is 4.79 Å². The molecular weight excluding hydrogens is 365 g/mol. The van der Waals surface area contributed by atoms with Crippen LogP contribution in [0.25, 0.3) is 10.8 Å². The number of halogens is 1. The Bertz CT molecular complexity index is 1200. The van der Waals surface area contributed by atoms with Crippen molar-refractivity contribution in [2.75, 3.05) is 4.90 Å². The molecule has 142 valence electrons. The van der Waals surface area contributed by atoms with Gasteiger partial charge in [-0.1, -0.05) is 60.7 Å². The molecule has 1 amide bonds. The van der Waals surface area contributed by atoms with Crippen LogP contribution < -0.4 is 9.64 Å². The van der Waals surface area contributed by atoms with Crippen molar-refractivity contribution in [3.63, 3.8) is 0 Å². The van der Waals surface area contributed by atoms with Crippen molar-refractivity contribution in [3.8, 4) is 5.75 Å². The van der Waals surface area contributed by atoms with Crippen molar-refractivity contribution in [2.24, 2.45) is 0 Å². The molecule has 1 heterocycles. The summed E-state index contributed by atoms with van der Waals surface area (Å²) in [7, 11) is 0. The largest absolute Gasteiger partial charge is 0.474 e. The van der Waals surface area contributed by atoms with E-state index in [2.05, 4.69) is 0 Å². The first-order valence-electron chi connectivity index (χ1n) is 9.49. The third-order valence-corrected chi connectivity index (χ3v) is 5.22. The van der Waals surface area contributed by atoms with E-state index in [-0.39, 0.29) is 11.7 Å². The van der Waals surface area contributed by atoms with E-state index in [0.29, 0.717) is 12.3 Å². The van der Waals surface area contributed by atoms with E-state index in [1.54, 1.807) is 17.0 Å². The monoisotopic (exact) mass is 383 g/mol. The number of hydrogen-bond donors (Lipinski definition) is 0. The van der Waals surface area contributed by atoms with Crippen LogP contribution in [0.2, 0.25) is 0 Å². The summed E-state index contributed by atoms with van der Waals surface area (Å²) in [6.45, 7) is 0.351. The van der Waals surface area contributed by atoms with Crippen LogP contribution in [0, 0.1) is 5.82 Å². The number of amides is 1. The normalized spacial score (nSPS) is 15.8. The first-order valence-corrected chi connectivity index (χ1v) is 9.49. The highest BCUT2D eigenvalue weighted by atomic mass is 19.1. The number of nitrogens with zero attached hydrogens (tertiary/aromatic N) is 1. The maximum Gasteiger partial charge on any atom is 0.273 e. The average molecular weight is 383 g/mol. The van der Waals surface area contributed by atoms with E-state index >= 15 is 0 Å². The van der Waals surface area contributed by atoms with E-state index in [9.17, 15) is 9.18 Å². The molecule has 0 spiro atoms. The number of anilines is 1. The van der Waals surface area contributed by atoms with Crippen LogP contribution in [0.15, 0.2) is 91.0 Å². The zero-order valence-electron chi connectivity index (χ0n) is 15.6. The summed E-state index contributed by atoms with van der Waals surface area (Å²) < 4.78 is 19.4. The number of rotatable bonds is 3. The lowest BCUT2D eigenvalue weighted by Gasteiger charge is -2.34. The fourth-order valence-corrected chi connectivity index (χ4v) is 3.73. The number of carbonyl (C=O) groups excluding carboxylic acids is 1. The van der Waals surface area contributed by atoms with E-state index in [0.717, 1.165) is 27.6 Å². The van der Waals surface area contributed by atoms with Crippen LogP contribution in [0.4, 0.5) is 10.1 Å². The summed E-state index contributed by atoms with van der Waals surface area (Å²) >= 11 is 0. The SMILES string of the molecule is O=C1C(c2ccc3ccccc3c2)Oc2ccccc2N1Cc1ccc(F)cc1. The lowest BCUT2D eigenvalue weighted by atomic mass is 10.0. The van der Waals surface area contributed by atoms with Crippen LogP contribution in [0.5, 0.6) is 5.75 Å². The van der Waals surface area contributed by atoms with Crippen LogP contribution in [-0.2, 0) is 11.3 Å². The summed E-state index contributed by atoms with van der Waals surface area (Å²) in [5.41, 5.74) is 2.39. The molecule has 0 saturated heterocycles. The highest BCUT2D eigenvalue weighted by Crippen LogP contribution is 2.40. The topological polar surface area (TPSA) is 29.5 Å². The van der Waals surface area contributed by atoms with Crippen molar-refractivity contribution in [3.05, 3.63) is 108 Å². The van der Waals surface area contributed by atoms with Gasteiger partial charge in [0.25, 0.3) is 5.91 Å². The van der Waals surface area contributed by atoms with Crippen LogP contribution >= 0.6 is 0 Å². The van der Waals surface area contributed by atoms with Gasteiger partial charge in [-0.2, -0.15) is 0 Å². The molecule has 0 N–H and O–H groups in total. The molecule has 5 rings (SSSR count).